The lowest BCUT2D eigenvalue weighted by molar-refractivity contribution is 0.0677. The molecule has 1 saturated heterocycles. The molecule has 0 saturated carbocycles. The van der Waals surface area contributed by atoms with Gasteiger partial charge in [0.2, 0.25) is 0 Å². The quantitative estimate of drug-likeness (QED) is 0.677. The third-order valence-corrected chi connectivity index (χ3v) is 5.68. The van der Waals surface area contributed by atoms with Crippen molar-refractivity contribution >= 4 is 23.3 Å². The summed E-state index contributed by atoms with van der Waals surface area (Å²) in [5.41, 5.74) is 4.83. The minimum atomic E-state index is -0.231. The molecule has 3 heterocycles. The number of aryl methyl sites for hydroxylation is 3. The summed E-state index contributed by atoms with van der Waals surface area (Å²) in [5.74, 6) is 0.154. The number of carbonyl (C=O) groups is 2. The smallest absolute Gasteiger partial charge is 0.319 e. The van der Waals surface area contributed by atoms with E-state index in [-0.39, 0.29) is 17.9 Å². The molecule has 3 amide bonds. The van der Waals surface area contributed by atoms with E-state index < -0.39 is 0 Å². The number of carbonyl (C=O) groups excluding carboxylic acids is 2. The van der Waals surface area contributed by atoms with E-state index in [0.29, 0.717) is 30.8 Å². The summed E-state index contributed by atoms with van der Waals surface area (Å²) < 4.78 is 1.71. The van der Waals surface area contributed by atoms with E-state index in [4.69, 9.17) is 0 Å². The Morgan fingerprint density at radius 3 is 2.71 bits per heavy atom. The average Bonchev–Trinajstić information content (AvgIpc) is 3.18. The fourth-order valence-corrected chi connectivity index (χ4v) is 4.06. The summed E-state index contributed by atoms with van der Waals surface area (Å²) in [7, 11) is 0. The van der Waals surface area contributed by atoms with Gasteiger partial charge in [-0.1, -0.05) is 17.7 Å². The van der Waals surface area contributed by atoms with E-state index >= 15 is 0 Å². The van der Waals surface area contributed by atoms with Crippen LogP contribution >= 0.6 is 0 Å². The molecule has 1 unspecified atom stereocenters. The molecule has 31 heavy (non-hydrogen) atoms. The Morgan fingerprint density at radius 2 is 1.94 bits per heavy atom. The van der Waals surface area contributed by atoms with Crippen LogP contribution < -0.4 is 10.6 Å². The number of anilines is 1. The molecule has 2 aromatic heterocycles. The van der Waals surface area contributed by atoms with Gasteiger partial charge in [-0.25, -0.2) is 14.3 Å². The number of hydrogen-bond acceptors (Lipinski definition) is 4. The van der Waals surface area contributed by atoms with Crippen molar-refractivity contribution < 1.29 is 9.59 Å². The van der Waals surface area contributed by atoms with Gasteiger partial charge in [-0.15, -0.1) is 0 Å². The van der Waals surface area contributed by atoms with Crippen molar-refractivity contribution in [2.45, 2.75) is 33.6 Å². The Hall–Kier alpha value is -3.42. The van der Waals surface area contributed by atoms with Gasteiger partial charge in [0.1, 0.15) is 5.56 Å². The molecule has 3 aromatic rings. The first kappa shape index (κ1) is 20.8. The van der Waals surface area contributed by atoms with E-state index in [9.17, 15) is 9.59 Å². The Balaban J connectivity index is 1.36. The highest BCUT2D eigenvalue weighted by molar-refractivity contribution is 5.99. The van der Waals surface area contributed by atoms with Crippen LogP contribution in [0.4, 0.5) is 10.5 Å². The molecule has 1 aliphatic rings. The van der Waals surface area contributed by atoms with Crippen molar-refractivity contribution in [3.63, 3.8) is 0 Å². The van der Waals surface area contributed by atoms with Crippen LogP contribution in [0.1, 0.15) is 40.2 Å². The monoisotopic (exact) mass is 420 g/mol. The minimum Gasteiger partial charge on any atom is -0.338 e. The second-order valence-electron chi connectivity index (χ2n) is 8.29. The number of amides is 3. The van der Waals surface area contributed by atoms with E-state index in [1.54, 1.807) is 10.7 Å². The highest BCUT2D eigenvalue weighted by atomic mass is 16.2. The number of likely N-dealkylation sites (tertiary alicyclic amines) is 1. The van der Waals surface area contributed by atoms with Gasteiger partial charge in [-0.3, -0.25) is 4.79 Å². The first-order valence-corrected chi connectivity index (χ1v) is 10.6. The highest BCUT2D eigenvalue weighted by Crippen LogP contribution is 2.20. The summed E-state index contributed by atoms with van der Waals surface area (Å²) in [4.78, 5) is 31.8. The number of piperidine rings is 1. The van der Waals surface area contributed by atoms with Crippen LogP contribution in [-0.2, 0) is 0 Å². The van der Waals surface area contributed by atoms with Gasteiger partial charge in [0.15, 0.2) is 5.65 Å². The lowest BCUT2D eigenvalue weighted by atomic mass is 9.97. The largest absolute Gasteiger partial charge is 0.338 e. The summed E-state index contributed by atoms with van der Waals surface area (Å²) >= 11 is 0. The zero-order valence-corrected chi connectivity index (χ0v) is 18.2. The van der Waals surface area contributed by atoms with Gasteiger partial charge in [0, 0.05) is 36.7 Å². The Kier molecular flexibility index (Phi) is 5.88. The predicted octanol–water partition coefficient (Wildman–Crippen LogP) is 3.33. The Bertz CT molecular complexity index is 1110. The summed E-state index contributed by atoms with van der Waals surface area (Å²) in [6.07, 6.45) is 3.48. The van der Waals surface area contributed by atoms with E-state index in [1.165, 1.54) is 0 Å². The van der Waals surface area contributed by atoms with Crippen LogP contribution in [0.3, 0.4) is 0 Å². The number of benzene rings is 1. The van der Waals surface area contributed by atoms with Crippen molar-refractivity contribution in [1.29, 1.82) is 0 Å². The van der Waals surface area contributed by atoms with E-state index in [0.717, 1.165) is 35.5 Å². The third-order valence-electron chi connectivity index (χ3n) is 5.68. The predicted molar refractivity (Wildman–Crippen MR) is 119 cm³/mol. The lowest BCUT2D eigenvalue weighted by Crippen LogP contribution is -2.44. The Labute approximate surface area is 181 Å². The fourth-order valence-electron chi connectivity index (χ4n) is 4.06. The van der Waals surface area contributed by atoms with Crippen LogP contribution in [-0.4, -0.2) is 51.1 Å². The number of aromatic nitrogens is 3. The molecular formula is C23H28N6O2. The molecule has 0 spiro atoms. The maximum absolute atomic E-state index is 13.2. The molecule has 4 rings (SSSR count). The van der Waals surface area contributed by atoms with Crippen molar-refractivity contribution in [1.82, 2.24) is 24.8 Å². The summed E-state index contributed by atoms with van der Waals surface area (Å²) in [5, 5.41) is 10.1. The molecule has 0 bridgehead atoms. The minimum absolute atomic E-state index is 0.0543. The average molecular weight is 421 g/mol. The maximum Gasteiger partial charge on any atom is 0.319 e. The van der Waals surface area contributed by atoms with Gasteiger partial charge in [-0.05, 0) is 57.7 Å². The number of nitrogens with zero attached hydrogens (tertiary/aromatic N) is 4. The molecular weight excluding hydrogens is 392 g/mol. The fraction of sp³-hybridized carbons (Fsp3) is 0.391. The topological polar surface area (TPSA) is 91.6 Å². The van der Waals surface area contributed by atoms with Crippen LogP contribution in [0.15, 0.2) is 36.5 Å². The molecule has 1 aromatic carbocycles. The molecule has 1 aliphatic heterocycles. The van der Waals surface area contributed by atoms with Crippen LogP contribution in [0.2, 0.25) is 0 Å². The third kappa shape index (κ3) is 4.68. The zero-order valence-electron chi connectivity index (χ0n) is 18.2. The van der Waals surface area contributed by atoms with Crippen molar-refractivity contribution in [3.8, 4) is 0 Å². The van der Waals surface area contributed by atoms with Crippen LogP contribution in [0, 0.1) is 26.7 Å². The first-order chi connectivity index (χ1) is 14.9. The maximum atomic E-state index is 13.2. The van der Waals surface area contributed by atoms with Crippen molar-refractivity contribution in [3.05, 3.63) is 59.0 Å². The van der Waals surface area contributed by atoms with Crippen LogP contribution in [0.5, 0.6) is 0 Å². The van der Waals surface area contributed by atoms with Crippen molar-refractivity contribution in [2.75, 3.05) is 25.0 Å². The second kappa shape index (κ2) is 8.75. The van der Waals surface area contributed by atoms with Gasteiger partial charge >= 0.3 is 6.03 Å². The molecule has 8 nitrogen and oxygen atoms in total. The molecule has 2 N–H and O–H groups in total. The SMILES string of the molecule is Cc1ccc(NC(=O)NCC2CCCN(C(=O)c3cnn4c(C)cc(C)nc34)C2)cc1. The van der Waals surface area contributed by atoms with Gasteiger partial charge < -0.3 is 15.5 Å². The lowest BCUT2D eigenvalue weighted by Gasteiger charge is -2.32. The molecule has 1 fully saturated rings. The number of hydrogen-bond donors (Lipinski definition) is 2. The molecule has 162 valence electrons. The van der Waals surface area contributed by atoms with Gasteiger partial charge in [0.05, 0.1) is 6.20 Å². The molecule has 0 aliphatic carbocycles. The number of rotatable bonds is 4. The highest BCUT2D eigenvalue weighted by Gasteiger charge is 2.27. The Morgan fingerprint density at radius 1 is 1.16 bits per heavy atom. The van der Waals surface area contributed by atoms with E-state index in [1.807, 2.05) is 56.0 Å². The standard InChI is InChI=1S/C23H28N6O2/c1-15-6-8-19(9-7-15)27-23(31)24-12-18-5-4-10-28(14-18)22(30)20-13-25-29-17(3)11-16(2)26-21(20)29/h6-9,11,13,18H,4-5,10,12,14H2,1-3H3,(H2,24,27,31). The summed E-state index contributed by atoms with van der Waals surface area (Å²) in [6, 6.07) is 9.38. The van der Waals surface area contributed by atoms with E-state index in [2.05, 4.69) is 20.7 Å². The molecule has 8 heteroatoms. The molecule has 0 radical (unpaired) electrons. The molecule has 1 atom stereocenters. The van der Waals surface area contributed by atoms with Gasteiger partial charge in [0.25, 0.3) is 5.91 Å². The first-order valence-electron chi connectivity index (χ1n) is 10.6. The zero-order chi connectivity index (χ0) is 22.0. The second-order valence-corrected chi connectivity index (χ2v) is 8.29. The number of nitrogens with one attached hydrogen (secondary N) is 2. The number of fused-ring (bicyclic) bond motifs is 1. The normalized spacial score (nSPS) is 16.4. The van der Waals surface area contributed by atoms with Crippen molar-refractivity contribution in [2.24, 2.45) is 5.92 Å². The summed E-state index contributed by atoms with van der Waals surface area (Å²) in [6.45, 7) is 7.70. The number of urea groups is 1. The van der Waals surface area contributed by atoms with Crippen LogP contribution in [0.25, 0.3) is 5.65 Å². The van der Waals surface area contributed by atoms with Gasteiger partial charge in [-0.2, -0.15) is 5.10 Å².